The van der Waals surface area contributed by atoms with E-state index < -0.39 is 12.0 Å². The molecule has 9 nitrogen and oxygen atoms in total. The number of anilines is 1. The lowest BCUT2D eigenvalue weighted by Crippen LogP contribution is -2.28. The van der Waals surface area contributed by atoms with Gasteiger partial charge in [0.05, 0.1) is 6.33 Å². The summed E-state index contributed by atoms with van der Waals surface area (Å²) >= 11 is 0. The van der Waals surface area contributed by atoms with Crippen molar-refractivity contribution in [1.82, 2.24) is 19.5 Å². The number of fused-ring (bicyclic) bond motifs is 2. The van der Waals surface area contributed by atoms with Crippen molar-refractivity contribution in [1.29, 1.82) is 0 Å². The molecule has 2 aliphatic rings. The van der Waals surface area contributed by atoms with Gasteiger partial charge in [-0.05, 0) is 13.8 Å². The number of ether oxygens (including phenoxy) is 3. The topological polar surface area (TPSA) is 123 Å². The minimum atomic E-state index is -0.684. The van der Waals surface area contributed by atoms with Crippen molar-refractivity contribution >= 4 is 17.0 Å². The number of imidazole rings is 1. The summed E-state index contributed by atoms with van der Waals surface area (Å²) in [5.74, 6) is -0.354. The normalized spacial score (nSPS) is 32.0. The highest BCUT2D eigenvalue weighted by atomic mass is 16.8. The van der Waals surface area contributed by atoms with Gasteiger partial charge in [0, 0.05) is 6.54 Å². The Hall–Kier alpha value is -2.07. The maximum atomic E-state index is 6.15. The quantitative estimate of drug-likeness (QED) is 0.771. The van der Waals surface area contributed by atoms with Crippen molar-refractivity contribution in [3.8, 4) is 0 Å². The van der Waals surface area contributed by atoms with Gasteiger partial charge < -0.3 is 25.7 Å². The molecule has 24 heavy (non-hydrogen) atoms. The lowest BCUT2D eigenvalue weighted by Gasteiger charge is -2.24. The standard InChI is InChI=1S/C15H20N6O3/c1-15(2)23-10-8(4-3-5-16)22-14(11(10)24-15)21-7-20-9-12(17)18-6-19-13(9)21/h3-4,6-8,10-11,14H,5,16H2,1-2H3,(H2,17,18,19)/t8?,10-,11+,14?/m1/s1. The van der Waals surface area contributed by atoms with Crippen molar-refractivity contribution in [3.05, 3.63) is 24.8 Å². The minimum absolute atomic E-state index is 0.232. The third-order valence-electron chi connectivity index (χ3n) is 4.19. The third kappa shape index (κ3) is 2.37. The van der Waals surface area contributed by atoms with E-state index in [1.165, 1.54) is 6.33 Å². The van der Waals surface area contributed by atoms with E-state index in [0.717, 1.165) is 0 Å². The van der Waals surface area contributed by atoms with Crippen LogP contribution in [-0.4, -0.2) is 50.2 Å². The van der Waals surface area contributed by atoms with Gasteiger partial charge in [-0.25, -0.2) is 15.0 Å². The Bertz CT molecular complexity index is 789. The summed E-state index contributed by atoms with van der Waals surface area (Å²) in [6.45, 7) is 4.21. The zero-order valence-corrected chi connectivity index (χ0v) is 13.5. The van der Waals surface area contributed by atoms with Crippen LogP contribution in [0, 0.1) is 0 Å². The van der Waals surface area contributed by atoms with Crippen LogP contribution in [-0.2, 0) is 14.2 Å². The number of rotatable bonds is 3. The summed E-state index contributed by atoms with van der Waals surface area (Å²) in [5, 5.41) is 0. The molecule has 2 aromatic heterocycles. The highest BCUT2D eigenvalue weighted by Crippen LogP contribution is 2.44. The lowest BCUT2D eigenvalue weighted by molar-refractivity contribution is -0.191. The number of aromatic nitrogens is 4. The van der Waals surface area contributed by atoms with Crippen molar-refractivity contribution in [2.45, 2.75) is 44.2 Å². The molecule has 4 N–H and O–H groups in total. The molecule has 0 saturated carbocycles. The number of nitrogen functional groups attached to an aromatic ring is 1. The van der Waals surface area contributed by atoms with E-state index in [1.807, 2.05) is 30.6 Å². The Kier molecular flexibility index (Phi) is 3.53. The Morgan fingerprint density at radius 3 is 2.83 bits per heavy atom. The molecule has 4 rings (SSSR count). The van der Waals surface area contributed by atoms with Gasteiger partial charge in [-0.3, -0.25) is 4.57 Å². The molecule has 9 heteroatoms. The third-order valence-corrected chi connectivity index (χ3v) is 4.19. The summed E-state index contributed by atoms with van der Waals surface area (Å²) in [7, 11) is 0. The Morgan fingerprint density at radius 2 is 2.04 bits per heavy atom. The number of nitrogens with zero attached hydrogens (tertiary/aromatic N) is 4. The van der Waals surface area contributed by atoms with Crippen LogP contribution in [0.1, 0.15) is 20.1 Å². The van der Waals surface area contributed by atoms with Gasteiger partial charge in [-0.1, -0.05) is 12.2 Å². The molecule has 0 aromatic carbocycles. The molecule has 0 radical (unpaired) electrons. The van der Waals surface area contributed by atoms with E-state index in [4.69, 9.17) is 25.7 Å². The first kappa shape index (κ1) is 15.5. The van der Waals surface area contributed by atoms with Crippen LogP contribution in [0.15, 0.2) is 24.8 Å². The van der Waals surface area contributed by atoms with Crippen molar-refractivity contribution in [2.75, 3.05) is 12.3 Å². The van der Waals surface area contributed by atoms with Crippen molar-refractivity contribution < 1.29 is 14.2 Å². The Labute approximate surface area is 138 Å². The summed E-state index contributed by atoms with van der Waals surface area (Å²) in [4.78, 5) is 12.5. The molecule has 4 heterocycles. The fourth-order valence-electron chi connectivity index (χ4n) is 3.26. The predicted molar refractivity (Wildman–Crippen MR) is 85.7 cm³/mol. The molecule has 0 spiro atoms. The zero-order chi connectivity index (χ0) is 16.9. The highest BCUT2D eigenvalue weighted by Gasteiger charge is 2.55. The summed E-state index contributed by atoms with van der Waals surface area (Å²) in [5.41, 5.74) is 12.6. The van der Waals surface area contributed by atoms with E-state index >= 15 is 0 Å². The van der Waals surface area contributed by atoms with Gasteiger partial charge in [0.25, 0.3) is 0 Å². The fourth-order valence-corrected chi connectivity index (χ4v) is 3.26. The molecular formula is C15H20N6O3. The Morgan fingerprint density at radius 1 is 1.25 bits per heavy atom. The molecule has 2 unspecified atom stereocenters. The molecule has 2 aromatic rings. The second-order valence-electron chi connectivity index (χ2n) is 6.30. The van der Waals surface area contributed by atoms with Crippen molar-refractivity contribution in [2.24, 2.45) is 5.73 Å². The van der Waals surface area contributed by atoms with E-state index in [1.54, 1.807) is 6.33 Å². The first-order chi connectivity index (χ1) is 11.5. The zero-order valence-electron chi connectivity index (χ0n) is 13.5. The summed E-state index contributed by atoms with van der Waals surface area (Å²) < 4.78 is 20.0. The van der Waals surface area contributed by atoms with Crippen LogP contribution < -0.4 is 11.5 Å². The first-order valence-electron chi connectivity index (χ1n) is 7.81. The monoisotopic (exact) mass is 332 g/mol. The van der Waals surface area contributed by atoms with Crippen molar-refractivity contribution in [3.63, 3.8) is 0 Å². The second kappa shape index (κ2) is 5.49. The van der Waals surface area contributed by atoms with Gasteiger partial charge in [-0.15, -0.1) is 0 Å². The average molecular weight is 332 g/mol. The van der Waals surface area contributed by atoms with Gasteiger partial charge in [-0.2, -0.15) is 0 Å². The number of nitrogens with two attached hydrogens (primary N) is 2. The predicted octanol–water partition coefficient (Wildman–Crippen LogP) is 0.341. The fraction of sp³-hybridized carbons (Fsp3) is 0.533. The largest absolute Gasteiger partial charge is 0.382 e. The lowest BCUT2D eigenvalue weighted by atomic mass is 10.1. The maximum absolute atomic E-state index is 6.15. The highest BCUT2D eigenvalue weighted by molar-refractivity contribution is 5.81. The number of hydrogen-bond donors (Lipinski definition) is 2. The van der Waals surface area contributed by atoms with E-state index in [9.17, 15) is 0 Å². The molecular weight excluding hydrogens is 312 g/mol. The minimum Gasteiger partial charge on any atom is -0.382 e. The van der Waals surface area contributed by atoms with E-state index in [2.05, 4.69) is 15.0 Å². The summed E-state index contributed by atoms with van der Waals surface area (Å²) in [6.07, 6.45) is 5.59. The van der Waals surface area contributed by atoms with Crippen LogP contribution >= 0.6 is 0 Å². The average Bonchev–Trinajstić information content (AvgIpc) is 3.17. The molecule has 128 valence electrons. The Balaban J connectivity index is 1.74. The smallest absolute Gasteiger partial charge is 0.167 e. The van der Waals surface area contributed by atoms with Crippen LogP contribution in [0.4, 0.5) is 5.82 Å². The van der Waals surface area contributed by atoms with Gasteiger partial charge in [0.1, 0.15) is 30.2 Å². The molecule has 2 aliphatic heterocycles. The van der Waals surface area contributed by atoms with E-state index in [0.29, 0.717) is 23.5 Å². The molecule has 2 saturated heterocycles. The summed E-state index contributed by atoms with van der Waals surface area (Å²) in [6, 6.07) is 0. The van der Waals surface area contributed by atoms with Crippen LogP contribution in [0.25, 0.3) is 11.2 Å². The maximum Gasteiger partial charge on any atom is 0.167 e. The first-order valence-corrected chi connectivity index (χ1v) is 7.81. The van der Waals surface area contributed by atoms with E-state index in [-0.39, 0.29) is 18.3 Å². The van der Waals surface area contributed by atoms with Crippen LogP contribution in [0.3, 0.4) is 0 Å². The molecule has 0 amide bonds. The second-order valence-corrected chi connectivity index (χ2v) is 6.30. The molecule has 2 fully saturated rings. The van der Waals surface area contributed by atoms with Crippen LogP contribution in [0.2, 0.25) is 0 Å². The molecule has 0 aliphatic carbocycles. The van der Waals surface area contributed by atoms with Gasteiger partial charge in [0.2, 0.25) is 0 Å². The van der Waals surface area contributed by atoms with Gasteiger partial charge >= 0.3 is 0 Å². The van der Waals surface area contributed by atoms with Gasteiger partial charge in [0.15, 0.2) is 23.5 Å². The SMILES string of the molecule is CC1(C)O[C@@H]2C(C=CCN)OC(n3cnc4c(N)ncnc43)[C@H]2O1. The molecule has 4 atom stereocenters. The van der Waals surface area contributed by atoms with Crippen LogP contribution in [0.5, 0.6) is 0 Å². The molecule has 0 bridgehead atoms. The number of hydrogen-bond acceptors (Lipinski definition) is 8.